The first-order valence-electron chi connectivity index (χ1n) is 4.96. The van der Waals surface area contributed by atoms with Gasteiger partial charge in [-0.05, 0) is 12.0 Å². The van der Waals surface area contributed by atoms with Crippen molar-refractivity contribution in [1.82, 2.24) is 5.32 Å². The first-order valence-corrected chi connectivity index (χ1v) is 4.96. The van der Waals surface area contributed by atoms with Crippen LogP contribution in [0.1, 0.15) is 5.56 Å². The van der Waals surface area contributed by atoms with Crippen molar-refractivity contribution in [3.8, 4) is 0 Å². The lowest BCUT2D eigenvalue weighted by atomic mass is 10.1. The van der Waals surface area contributed by atoms with Gasteiger partial charge in [-0.3, -0.25) is 4.79 Å². The molecule has 94 valence electrons. The Bertz CT molecular complexity index is 365. The van der Waals surface area contributed by atoms with Crippen molar-refractivity contribution < 1.29 is 23.1 Å². The standard InChI is InChI=1S/C11H12F3NO2/c12-11(13,14)10(17)15-9(7-16)6-8-4-2-1-3-5-8/h1-5,9,16H,6-7H2,(H,15,17)/t9-/m1/s1. The van der Waals surface area contributed by atoms with Gasteiger partial charge in [0.05, 0.1) is 12.6 Å². The number of carbonyl (C=O) groups is 1. The van der Waals surface area contributed by atoms with Crippen molar-refractivity contribution in [3.05, 3.63) is 35.9 Å². The molecular formula is C11H12F3NO2. The molecular weight excluding hydrogens is 235 g/mol. The van der Waals surface area contributed by atoms with Crippen LogP contribution in [0.4, 0.5) is 13.2 Å². The smallest absolute Gasteiger partial charge is 0.394 e. The molecule has 1 aromatic rings. The van der Waals surface area contributed by atoms with Crippen molar-refractivity contribution in [3.63, 3.8) is 0 Å². The van der Waals surface area contributed by atoms with E-state index in [2.05, 4.69) is 0 Å². The van der Waals surface area contributed by atoms with Gasteiger partial charge in [0.15, 0.2) is 0 Å². The first-order chi connectivity index (χ1) is 7.93. The second kappa shape index (κ2) is 5.67. The Morgan fingerprint density at radius 2 is 1.88 bits per heavy atom. The maximum Gasteiger partial charge on any atom is 0.471 e. The highest BCUT2D eigenvalue weighted by molar-refractivity contribution is 5.81. The highest BCUT2D eigenvalue weighted by Crippen LogP contribution is 2.15. The van der Waals surface area contributed by atoms with Crippen LogP contribution in [0.3, 0.4) is 0 Å². The second-order valence-electron chi connectivity index (χ2n) is 3.54. The summed E-state index contributed by atoms with van der Waals surface area (Å²) in [6.45, 7) is -0.545. The van der Waals surface area contributed by atoms with Crippen LogP contribution in [0.25, 0.3) is 0 Å². The summed E-state index contributed by atoms with van der Waals surface area (Å²) < 4.78 is 36.0. The van der Waals surface area contributed by atoms with E-state index in [0.29, 0.717) is 0 Å². The number of amides is 1. The summed E-state index contributed by atoms with van der Waals surface area (Å²) in [5.74, 6) is -2.03. The Kier molecular flexibility index (Phi) is 4.51. The van der Waals surface area contributed by atoms with Gasteiger partial charge in [0.1, 0.15) is 0 Å². The average molecular weight is 247 g/mol. The third-order valence-corrected chi connectivity index (χ3v) is 2.14. The first kappa shape index (κ1) is 13.5. The van der Waals surface area contributed by atoms with E-state index in [1.807, 2.05) is 0 Å². The van der Waals surface area contributed by atoms with Crippen LogP contribution in [0, 0.1) is 0 Å². The summed E-state index contributed by atoms with van der Waals surface area (Å²) in [7, 11) is 0. The van der Waals surface area contributed by atoms with Gasteiger partial charge in [0.25, 0.3) is 0 Å². The molecule has 0 bridgehead atoms. The summed E-state index contributed by atoms with van der Waals surface area (Å²) in [6, 6.07) is 7.72. The molecule has 0 fully saturated rings. The summed E-state index contributed by atoms with van der Waals surface area (Å²) >= 11 is 0. The highest BCUT2D eigenvalue weighted by Gasteiger charge is 2.39. The van der Waals surface area contributed by atoms with Crippen molar-refractivity contribution in [2.75, 3.05) is 6.61 Å². The van der Waals surface area contributed by atoms with E-state index >= 15 is 0 Å². The molecule has 0 unspecified atom stereocenters. The highest BCUT2D eigenvalue weighted by atomic mass is 19.4. The third-order valence-electron chi connectivity index (χ3n) is 2.14. The van der Waals surface area contributed by atoms with Crippen LogP contribution in [0.15, 0.2) is 30.3 Å². The molecule has 6 heteroatoms. The molecule has 1 aromatic carbocycles. The van der Waals surface area contributed by atoms with Crippen LogP contribution in [-0.2, 0) is 11.2 Å². The topological polar surface area (TPSA) is 49.3 Å². The molecule has 0 spiro atoms. The van der Waals surface area contributed by atoms with Gasteiger partial charge in [-0.25, -0.2) is 0 Å². The number of hydrogen-bond acceptors (Lipinski definition) is 2. The molecule has 0 aliphatic rings. The van der Waals surface area contributed by atoms with Crippen LogP contribution in [-0.4, -0.2) is 29.8 Å². The lowest BCUT2D eigenvalue weighted by molar-refractivity contribution is -0.174. The number of aliphatic hydroxyl groups excluding tert-OH is 1. The summed E-state index contributed by atoms with van der Waals surface area (Å²) in [5.41, 5.74) is 0.744. The van der Waals surface area contributed by atoms with Crippen molar-refractivity contribution in [2.45, 2.75) is 18.6 Å². The van der Waals surface area contributed by atoms with Gasteiger partial charge in [-0.15, -0.1) is 0 Å². The Labute approximate surface area is 96.3 Å². The average Bonchev–Trinajstić information content (AvgIpc) is 2.28. The van der Waals surface area contributed by atoms with E-state index in [9.17, 15) is 18.0 Å². The fourth-order valence-corrected chi connectivity index (χ4v) is 1.33. The fraction of sp³-hybridized carbons (Fsp3) is 0.364. The molecule has 3 nitrogen and oxygen atoms in total. The van der Waals surface area contributed by atoms with E-state index in [1.165, 1.54) is 0 Å². The maximum atomic E-state index is 12.0. The SMILES string of the molecule is O=C(N[C@@H](CO)Cc1ccccc1)C(F)(F)F. The molecule has 2 N–H and O–H groups in total. The molecule has 1 rings (SSSR count). The fourth-order valence-electron chi connectivity index (χ4n) is 1.33. The molecule has 0 radical (unpaired) electrons. The van der Waals surface area contributed by atoms with Crippen molar-refractivity contribution in [2.24, 2.45) is 0 Å². The van der Waals surface area contributed by atoms with E-state index in [1.54, 1.807) is 35.6 Å². The number of hydrogen-bond donors (Lipinski definition) is 2. The quantitative estimate of drug-likeness (QED) is 0.841. The monoisotopic (exact) mass is 247 g/mol. The van der Waals surface area contributed by atoms with Gasteiger partial charge < -0.3 is 10.4 Å². The van der Waals surface area contributed by atoms with Gasteiger partial charge in [-0.2, -0.15) is 13.2 Å². The van der Waals surface area contributed by atoms with E-state index in [-0.39, 0.29) is 6.42 Å². The largest absolute Gasteiger partial charge is 0.471 e. The Balaban J connectivity index is 2.59. The van der Waals surface area contributed by atoms with Gasteiger partial charge in [-0.1, -0.05) is 30.3 Å². The number of rotatable bonds is 4. The van der Waals surface area contributed by atoms with Crippen molar-refractivity contribution in [1.29, 1.82) is 0 Å². The third kappa shape index (κ3) is 4.44. The zero-order valence-electron chi connectivity index (χ0n) is 8.87. The number of carbonyl (C=O) groups excluding carboxylic acids is 1. The molecule has 0 heterocycles. The minimum absolute atomic E-state index is 0.152. The molecule has 0 aliphatic carbocycles. The zero-order valence-corrected chi connectivity index (χ0v) is 8.87. The Hall–Kier alpha value is -1.56. The molecule has 0 aromatic heterocycles. The predicted octanol–water partition coefficient (Wildman–Crippen LogP) is 1.27. The Morgan fingerprint density at radius 1 is 1.29 bits per heavy atom. The maximum absolute atomic E-state index is 12.0. The van der Waals surface area contributed by atoms with Crippen molar-refractivity contribution >= 4 is 5.91 Å². The number of halogens is 3. The number of nitrogens with one attached hydrogen (secondary N) is 1. The molecule has 1 atom stereocenters. The van der Waals surface area contributed by atoms with E-state index < -0.39 is 24.7 Å². The summed E-state index contributed by atoms with van der Waals surface area (Å²) in [5, 5.41) is 10.7. The van der Waals surface area contributed by atoms with Gasteiger partial charge in [0.2, 0.25) is 0 Å². The predicted molar refractivity (Wildman–Crippen MR) is 55.2 cm³/mol. The van der Waals surface area contributed by atoms with Gasteiger partial charge in [0, 0.05) is 0 Å². The van der Waals surface area contributed by atoms with Crippen LogP contribution in [0.5, 0.6) is 0 Å². The summed E-state index contributed by atoms with van der Waals surface area (Å²) in [4.78, 5) is 10.7. The molecule has 1 amide bonds. The van der Waals surface area contributed by atoms with Crippen LogP contribution in [0.2, 0.25) is 0 Å². The molecule has 0 saturated carbocycles. The van der Waals surface area contributed by atoms with E-state index in [0.717, 1.165) is 5.56 Å². The second-order valence-corrected chi connectivity index (χ2v) is 3.54. The lowest BCUT2D eigenvalue weighted by Gasteiger charge is -2.17. The number of benzene rings is 1. The zero-order chi connectivity index (χ0) is 12.9. The molecule has 17 heavy (non-hydrogen) atoms. The molecule has 0 aliphatic heterocycles. The Morgan fingerprint density at radius 3 is 2.35 bits per heavy atom. The minimum atomic E-state index is -4.93. The van der Waals surface area contributed by atoms with Crippen LogP contribution < -0.4 is 5.32 Å². The number of alkyl halides is 3. The number of aliphatic hydroxyl groups is 1. The van der Waals surface area contributed by atoms with E-state index in [4.69, 9.17) is 5.11 Å². The molecule has 0 saturated heterocycles. The summed E-state index contributed by atoms with van der Waals surface area (Å²) in [6.07, 6.45) is -4.77. The lowest BCUT2D eigenvalue weighted by Crippen LogP contribution is -2.45. The minimum Gasteiger partial charge on any atom is -0.394 e. The van der Waals surface area contributed by atoms with Crippen LogP contribution >= 0.6 is 0 Å². The van der Waals surface area contributed by atoms with Gasteiger partial charge >= 0.3 is 12.1 Å². The normalized spacial score (nSPS) is 13.2.